The number of para-hydroxylation sites is 1. The second-order valence-electron chi connectivity index (χ2n) is 6.67. The Labute approximate surface area is 149 Å². The molecular weight excluding hydrogens is 312 g/mol. The molecule has 0 radical (unpaired) electrons. The van der Waals surface area contributed by atoms with Gasteiger partial charge in [-0.3, -0.25) is 4.79 Å². The van der Waals surface area contributed by atoms with Gasteiger partial charge in [-0.1, -0.05) is 29.8 Å². The van der Waals surface area contributed by atoms with Crippen LogP contribution in [0.15, 0.2) is 42.5 Å². The number of nitrogens with zero attached hydrogens (tertiary/aromatic N) is 1. The van der Waals surface area contributed by atoms with Crippen LogP contribution >= 0.6 is 0 Å². The van der Waals surface area contributed by atoms with Crippen LogP contribution in [-0.2, 0) is 4.79 Å². The number of amides is 1. The number of piperidine rings is 1. The largest absolute Gasteiger partial charge is 0.496 e. The predicted molar refractivity (Wildman–Crippen MR) is 102 cm³/mol. The van der Waals surface area contributed by atoms with Crippen molar-refractivity contribution >= 4 is 11.6 Å². The second-order valence-corrected chi connectivity index (χ2v) is 6.67. The summed E-state index contributed by atoms with van der Waals surface area (Å²) in [4.78, 5) is 13.4. The summed E-state index contributed by atoms with van der Waals surface area (Å²) in [6, 6.07) is 15.0. The molecule has 25 heavy (non-hydrogen) atoms. The number of anilines is 1. The van der Waals surface area contributed by atoms with Crippen molar-refractivity contribution in [3.8, 4) is 16.9 Å². The van der Waals surface area contributed by atoms with Gasteiger partial charge in [0.25, 0.3) is 0 Å². The van der Waals surface area contributed by atoms with Gasteiger partial charge in [-0.25, -0.2) is 0 Å². The van der Waals surface area contributed by atoms with E-state index in [0.717, 1.165) is 48.5 Å². The maximum Gasteiger partial charge on any atom is 0.219 e. The highest BCUT2D eigenvalue weighted by atomic mass is 16.5. The highest BCUT2D eigenvalue weighted by Gasteiger charge is 2.21. The SMILES string of the molecule is COc1ccc(C)cc1-c1ccccc1NC1CCN(C(C)=O)CC1. The van der Waals surface area contributed by atoms with Crippen LogP contribution in [0.5, 0.6) is 5.75 Å². The van der Waals surface area contributed by atoms with Crippen molar-refractivity contribution < 1.29 is 9.53 Å². The number of benzene rings is 2. The third kappa shape index (κ3) is 3.95. The van der Waals surface area contributed by atoms with Gasteiger partial charge in [0.1, 0.15) is 5.75 Å². The molecule has 1 saturated heterocycles. The third-order valence-electron chi connectivity index (χ3n) is 4.87. The van der Waals surface area contributed by atoms with Crippen molar-refractivity contribution in [2.45, 2.75) is 32.7 Å². The molecule has 0 atom stereocenters. The Kier molecular flexibility index (Phi) is 5.27. The van der Waals surface area contributed by atoms with E-state index in [4.69, 9.17) is 4.74 Å². The van der Waals surface area contributed by atoms with Crippen molar-refractivity contribution in [2.24, 2.45) is 0 Å². The smallest absolute Gasteiger partial charge is 0.219 e. The maximum atomic E-state index is 11.5. The molecule has 2 aromatic carbocycles. The Bertz CT molecular complexity index is 749. The fourth-order valence-electron chi connectivity index (χ4n) is 3.43. The molecule has 1 N–H and O–H groups in total. The molecule has 132 valence electrons. The lowest BCUT2D eigenvalue weighted by molar-refractivity contribution is -0.129. The van der Waals surface area contributed by atoms with E-state index in [1.165, 1.54) is 5.56 Å². The number of carbonyl (C=O) groups is 1. The van der Waals surface area contributed by atoms with Crippen molar-refractivity contribution in [1.82, 2.24) is 4.90 Å². The minimum atomic E-state index is 0.170. The first-order valence-electron chi connectivity index (χ1n) is 8.84. The second kappa shape index (κ2) is 7.60. The van der Waals surface area contributed by atoms with E-state index in [2.05, 4.69) is 48.6 Å². The molecule has 1 fully saturated rings. The lowest BCUT2D eigenvalue weighted by atomic mass is 9.98. The monoisotopic (exact) mass is 338 g/mol. The molecule has 1 aliphatic heterocycles. The van der Waals surface area contributed by atoms with Crippen molar-refractivity contribution in [3.05, 3.63) is 48.0 Å². The topological polar surface area (TPSA) is 41.6 Å². The van der Waals surface area contributed by atoms with Gasteiger partial charge in [-0.05, 0) is 38.0 Å². The Hall–Kier alpha value is -2.49. The highest BCUT2D eigenvalue weighted by molar-refractivity contribution is 5.82. The number of hydrogen-bond donors (Lipinski definition) is 1. The molecule has 0 bridgehead atoms. The Morgan fingerprint density at radius 2 is 1.84 bits per heavy atom. The molecule has 0 spiro atoms. The fraction of sp³-hybridized carbons (Fsp3) is 0.381. The zero-order chi connectivity index (χ0) is 17.8. The average molecular weight is 338 g/mol. The van der Waals surface area contributed by atoms with Crippen LogP contribution in [0.4, 0.5) is 5.69 Å². The first-order chi connectivity index (χ1) is 12.1. The van der Waals surface area contributed by atoms with Crippen LogP contribution in [0.3, 0.4) is 0 Å². The van der Waals surface area contributed by atoms with Gasteiger partial charge in [0.05, 0.1) is 7.11 Å². The van der Waals surface area contributed by atoms with Gasteiger partial charge >= 0.3 is 0 Å². The third-order valence-corrected chi connectivity index (χ3v) is 4.87. The quantitative estimate of drug-likeness (QED) is 0.913. The molecule has 1 heterocycles. The zero-order valence-electron chi connectivity index (χ0n) is 15.2. The van der Waals surface area contributed by atoms with Gasteiger partial charge in [0, 0.05) is 42.9 Å². The summed E-state index contributed by atoms with van der Waals surface area (Å²) in [5, 5.41) is 3.68. The van der Waals surface area contributed by atoms with Crippen molar-refractivity contribution in [3.63, 3.8) is 0 Å². The normalized spacial score (nSPS) is 15.1. The molecule has 0 unspecified atom stereocenters. The molecule has 4 nitrogen and oxygen atoms in total. The summed E-state index contributed by atoms with van der Waals surface area (Å²) in [6.07, 6.45) is 1.94. The zero-order valence-corrected chi connectivity index (χ0v) is 15.2. The van der Waals surface area contributed by atoms with E-state index in [1.54, 1.807) is 14.0 Å². The van der Waals surface area contributed by atoms with Crippen molar-refractivity contribution in [2.75, 3.05) is 25.5 Å². The summed E-state index contributed by atoms with van der Waals surface area (Å²) in [5.41, 5.74) is 4.58. The van der Waals surface area contributed by atoms with Crippen LogP contribution in [0, 0.1) is 6.92 Å². The van der Waals surface area contributed by atoms with Crippen LogP contribution in [0.25, 0.3) is 11.1 Å². The van der Waals surface area contributed by atoms with E-state index in [-0.39, 0.29) is 5.91 Å². The summed E-state index contributed by atoms with van der Waals surface area (Å²) >= 11 is 0. The van der Waals surface area contributed by atoms with Gasteiger partial charge in [0.2, 0.25) is 5.91 Å². The molecule has 1 aliphatic rings. The summed E-state index contributed by atoms with van der Waals surface area (Å²) in [7, 11) is 1.71. The van der Waals surface area contributed by atoms with Gasteiger partial charge in [0.15, 0.2) is 0 Å². The first kappa shape index (κ1) is 17.3. The van der Waals surface area contributed by atoms with Crippen LogP contribution in [0.1, 0.15) is 25.3 Å². The number of rotatable bonds is 4. The number of nitrogens with one attached hydrogen (secondary N) is 1. The van der Waals surface area contributed by atoms with E-state index in [1.807, 2.05) is 11.0 Å². The predicted octanol–water partition coefficient (Wildman–Crippen LogP) is 4.09. The standard InChI is InChI=1S/C21H26N2O2/c1-15-8-9-21(25-3)19(14-15)18-6-4-5-7-20(18)22-17-10-12-23(13-11-17)16(2)24/h4-9,14,17,22H,10-13H2,1-3H3. The molecule has 0 saturated carbocycles. The molecule has 0 aliphatic carbocycles. The fourth-order valence-corrected chi connectivity index (χ4v) is 3.43. The van der Waals surface area contributed by atoms with Crippen LogP contribution in [0.2, 0.25) is 0 Å². The molecule has 2 aromatic rings. The number of ether oxygens (including phenoxy) is 1. The number of likely N-dealkylation sites (tertiary alicyclic amines) is 1. The van der Waals surface area contributed by atoms with E-state index < -0.39 is 0 Å². The van der Waals surface area contributed by atoms with Crippen LogP contribution in [-0.4, -0.2) is 37.0 Å². The number of methoxy groups -OCH3 is 1. The molecular formula is C21H26N2O2. The minimum Gasteiger partial charge on any atom is -0.496 e. The van der Waals surface area contributed by atoms with E-state index in [9.17, 15) is 4.79 Å². The van der Waals surface area contributed by atoms with Crippen LogP contribution < -0.4 is 10.1 Å². The van der Waals surface area contributed by atoms with Gasteiger partial charge in [-0.2, -0.15) is 0 Å². The Morgan fingerprint density at radius 3 is 2.52 bits per heavy atom. The molecule has 0 aromatic heterocycles. The highest BCUT2D eigenvalue weighted by Crippen LogP contribution is 2.36. The number of carbonyl (C=O) groups excluding carboxylic acids is 1. The average Bonchev–Trinajstić information content (AvgIpc) is 2.62. The molecule has 1 amide bonds. The lowest BCUT2D eigenvalue weighted by Gasteiger charge is -2.32. The Morgan fingerprint density at radius 1 is 1.12 bits per heavy atom. The molecule has 4 heteroatoms. The van der Waals surface area contributed by atoms with Crippen molar-refractivity contribution in [1.29, 1.82) is 0 Å². The van der Waals surface area contributed by atoms with E-state index >= 15 is 0 Å². The first-order valence-corrected chi connectivity index (χ1v) is 8.84. The molecule has 3 rings (SSSR count). The van der Waals surface area contributed by atoms with Gasteiger partial charge < -0.3 is 15.0 Å². The number of aryl methyl sites for hydroxylation is 1. The number of hydrogen-bond acceptors (Lipinski definition) is 3. The Balaban J connectivity index is 1.83. The summed E-state index contributed by atoms with van der Waals surface area (Å²) in [6.45, 7) is 5.38. The maximum absolute atomic E-state index is 11.5. The summed E-state index contributed by atoms with van der Waals surface area (Å²) in [5.74, 6) is 1.05. The minimum absolute atomic E-state index is 0.170. The summed E-state index contributed by atoms with van der Waals surface area (Å²) < 4.78 is 5.57. The van der Waals surface area contributed by atoms with Gasteiger partial charge in [-0.15, -0.1) is 0 Å². The van der Waals surface area contributed by atoms with E-state index in [0.29, 0.717) is 6.04 Å². The lowest BCUT2D eigenvalue weighted by Crippen LogP contribution is -2.41.